The number of carbonyl (C=O) groups is 3. The molecule has 0 spiro atoms. The van der Waals surface area contributed by atoms with Gasteiger partial charge in [0.25, 0.3) is 0 Å². The van der Waals surface area contributed by atoms with Gasteiger partial charge in [-0.1, -0.05) is 306 Å². The quantitative estimate of drug-likeness (QED) is 0.0261. The van der Waals surface area contributed by atoms with E-state index in [1.165, 1.54) is 193 Å². The van der Waals surface area contributed by atoms with Gasteiger partial charge in [0.1, 0.15) is 13.2 Å². The molecule has 0 N–H and O–H groups in total. The number of ether oxygens (including phenoxy) is 3. The van der Waals surface area contributed by atoms with Gasteiger partial charge in [0.2, 0.25) is 0 Å². The molecule has 0 saturated heterocycles. The van der Waals surface area contributed by atoms with Crippen LogP contribution in [0.4, 0.5) is 0 Å². The Morgan fingerprint density at radius 2 is 0.534 bits per heavy atom. The van der Waals surface area contributed by atoms with E-state index in [-0.39, 0.29) is 31.1 Å². The lowest BCUT2D eigenvalue weighted by molar-refractivity contribution is -0.167. The summed E-state index contributed by atoms with van der Waals surface area (Å²) in [5.41, 5.74) is 0. The van der Waals surface area contributed by atoms with E-state index >= 15 is 0 Å². The zero-order valence-corrected chi connectivity index (χ0v) is 48.7. The minimum Gasteiger partial charge on any atom is -0.462 e. The van der Waals surface area contributed by atoms with Crippen LogP contribution >= 0.6 is 0 Å². The summed E-state index contributed by atoms with van der Waals surface area (Å²) in [6.45, 7) is 6.55. The van der Waals surface area contributed by atoms with Crippen molar-refractivity contribution in [3.05, 3.63) is 60.8 Å². The molecule has 424 valence electrons. The predicted octanol–water partition coefficient (Wildman–Crippen LogP) is 21.6. The Balaban J connectivity index is 4.25. The maximum Gasteiger partial charge on any atom is 0.306 e. The van der Waals surface area contributed by atoms with E-state index < -0.39 is 6.10 Å². The van der Waals surface area contributed by atoms with Crippen molar-refractivity contribution >= 4 is 17.9 Å². The molecule has 6 heteroatoms. The Kier molecular flexibility index (Phi) is 59.2. The van der Waals surface area contributed by atoms with E-state index in [2.05, 4.69) is 81.5 Å². The second kappa shape index (κ2) is 61.7. The average Bonchev–Trinajstić information content (AvgIpc) is 3.39. The summed E-state index contributed by atoms with van der Waals surface area (Å²) in [5, 5.41) is 0. The number of carbonyl (C=O) groups excluding carboxylic acids is 3. The van der Waals surface area contributed by atoms with Crippen molar-refractivity contribution in [1.29, 1.82) is 0 Å². The normalized spacial score (nSPS) is 12.4. The van der Waals surface area contributed by atoms with Crippen molar-refractivity contribution in [2.45, 2.75) is 335 Å². The third kappa shape index (κ3) is 59.9. The van der Waals surface area contributed by atoms with Crippen LogP contribution in [0.1, 0.15) is 329 Å². The van der Waals surface area contributed by atoms with Crippen LogP contribution in [0.3, 0.4) is 0 Å². The molecule has 0 saturated carbocycles. The standard InChI is InChI=1S/C67H120O6/c1-4-7-10-13-16-19-22-24-26-28-30-32-34-36-37-39-41-43-45-48-51-54-57-60-66(69)72-63-64(62-71-65(68)59-56-53-50-47-21-18-15-12-9-6-3)73-67(70)61-58-55-52-49-46-44-42-40-38-35-33-31-29-27-25-23-20-17-14-11-8-5-2/h7,10,16,19,24,26,30,32,36-37,64H,4-6,8-9,11-15,17-18,20-23,25,27-29,31,33-35,38-63H2,1-3H3/b10-7-,19-16-,26-24-,32-30-,37-36-. The maximum atomic E-state index is 12.9. The summed E-state index contributed by atoms with van der Waals surface area (Å²) in [7, 11) is 0. The Morgan fingerprint density at radius 3 is 0.836 bits per heavy atom. The maximum absolute atomic E-state index is 12.9. The highest BCUT2D eigenvalue weighted by molar-refractivity contribution is 5.71. The minimum atomic E-state index is -0.776. The molecule has 0 rings (SSSR count). The second-order valence-electron chi connectivity index (χ2n) is 21.3. The van der Waals surface area contributed by atoms with Gasteiger partial charge in [-0.05, 0) is 64.2 Å². The third-order valence-electron chi connectivity index (χ3n) is 14.0. The van der Waals surface area contributed by atoms with Crippen molar-refractivity contribution in [1.82, 2.24) is 0 Å². The van der Waals surface area contributed by atoms with Crippen LogP contribution in [0.15, 0.2) is 60.8 Å². The molecule has 0 aromatic rings. The summed E-state index contributed by atoms with van der Waals surface area (Å²) >= 11 is 0. The van der Waals surface area contributed by atoms with E-state index in [4.69, 9.17) is 14.2 Å². The first-order chi connectivity index (χ1) is 36.0. The molecule has 0 aliphatic carbocycles. The lowest BCUT2D eigenvalue weighted by Gasteiger charge is -2.18. The lowest BCUT2D eigenvalue weighted by Crippen LogP contribution is -2.30. The van der Waals surface area contributed by atoms with Crippen molar-refractivity contribution in [2.75, 3.05) is 13.2 Å². The van der Waals surface area contributed by atoms with Crippen molar-refractivity contribution in [2.24, 2.45) is 0 Å². The van der Waals surface area contributed by atoms with Gasteiger partial charge in [-0.3, -0.25) is 14.4 Å². The highest BCUT2D eigenvalue weighted by Gasteiger charge is 2.19. The minimum absolute atomic E-state index is 0.0734. The van der Waals surface area contributed by atoms with E-state index in [1.807, 2.05) is 0 Å². The number of unbranched alkanes of at least 4 members (excludes halogenated alkanes) is 37. The summed E-state index contributed by atoms with van der Waals surface area (Å²) in [4.78, 5) is 38.2. The third-order valence-corrected chi connectivity index (χ3v) is 14.0. The van der Waals surface area contributed by atoms with Gasteiger partial charge < -0.3 is 14.2 Å². The largest absolute Gasteiger partial charge is 0.462 e. The topological polar surface area (TPSA) is 78.9 Å². The molecule has 1 unspecified atom stereocenters. The van der Waals surface area contributed by atoms with Gasteiger partial charge >= 0.3 is 17.9 Å². The second-order valence-corrected chi connectivity index (χ2v) is 21.3. The number of hydrogen-bond donors (Lipinski definition) is 0. The monoisotopic (exact) mass is 1020 g/mol. The first-order valence-electron chi connectivity index (χ1n) is 31.8. The summed E-state index contributed by atoms with van der Waals surface area (Å²) in [6.07, 6.45) is 78.0. The molecule has 0 amide bonds. The van der Waals surface area contributed by atoms with Crippen LogP contribution < -0.4 is 0 Å². The molecule has 0 aromatic heterocycles. The zero-order chi connectivity index (χ0) is 52.9. The molecule has 0 heterocycles. The molecule has 6 nitrogen and oxygen atoms in total. The molecule has 73 heavy (non-hydrogen) atoms. The summed E-state index contributed by atoms with van der Waals surface area (Å²) in [5.74, 6) is -0.868. The number of esters is 3. The molecular formula is C67H120O6. The predicted molar refractivity (Wildman–Crippen MR) is 316 cm³/mol. The molecule has 0 aliphatic heterocycles. The Labute approximate surface area is 453 Å². The molecular weight excluding hydrogens is 901 g/mol. The Morgan fingerprint density at radius 1 is 0.288 bits per heavy atom. The average molecular weight is 1020 g/mol. The van der Waals surface area contributed by atoms with Crippen LogP contribution in [0, 0.1) is 0 Å². The zero-order valence-electron chi connectivity index (χ0n) is 48.7. The van der Waals surface area contributed by atoms with Crippen LogP contribution in [-0.4, -0.2) is 37.2 Å². The smallest absolute Gasteiger partial charge is 0.306 e. The lowest BCUT2D eigenvalue weighted by atomic mass is 10.0. The molecule has 0 bridgehead atoms. The highest BCUT2D eigenvalue weighted by Crippen LogP contribution is 2.17. The van der Waals surface area contributed by atoms with Gasteiger partial charge in [0, 0.05) is 19.3 Å². The summed E-state index contributed by atoms with van der Waals surface area (Å²) < 4.78 is 16.9. The summed E-state index contributed by atoms with van der Waals surface area (Å²) in [6, 6.07) is 0. The van der Waals surface area contributed by atoms with Gasteiger partial charge in [-0.25, -0.2) is 0 Å². The van der Waals surface area contributed by atoms with Gasteiger partial charge in [-0.2, -0.15) is 0 Å². The number of allylic oxidation sites excluding steroid dienone is 10. The van der Waals surface area contributed by atoms with Crippen molar-refractivity contribution in [3.63, 3.8) is 0 Å². The van der Waals surface area contributed by atoms with E-state index in [0.717, 1.165) is 96.3 Å². The first kappa shape index (κ1) is 70.1. The van der Waals surface area contributed by atoms with E-state index in [0.29, 0.717) is 19.3 Å². The number of rotatable bonds is 58. The van der Waals surface area contributed by atoms with Crippen LogP contribution in [0.2, 0.25) is 0 Å². The van der Waals surface area contributed by atoms with Gasteiger partial charge in [-0.15, -0.1) is 0 Å². The van der Waals surface area contributed by atoms with Gasteiger partial charge in [0.15, 0.2) is 6.10 Å². The fourth-order valence-electron chi connectivity index (χ4n) is 9.30. The van der Waals surface area contributed by atoms with Gasteiger partial charge in [0.05, 0.1) is 0 Å². The number of hydrogen-bond acceptors (Lipinski definition) is 6. The molecule has 0 radical (unpaired) electrons. The fraction of sp³-hybridized carbons (Fsp3) is 0.806. The van der Waals surface area contributed by atoms with Crippen molar-refractivity contribution < 1.29 is 28.6 Å². The molecule has 1 atom stereocenters. The fourth-order valence-corrected chi connectivity index (χ4v) is 9.30. The molecule has 0 fully saturated rings. The highest BCUT2D eigenvalue weighted by atomic mass is 16.6. The van der Waals surface area contributed by atoms with Crippen LogP contribution in [0.5, 0.6) is 0 Å². The van der Waals surface area contributed by atoms with Crippen molar-refractivity contribution in [3.8, 4) is 0 Å². The molecule has 0 aromatic carbocycles. The van der Waals surface area contributed by atoms with Crippen LogP contribution in [0.25, 0.3) is 0 Å². The van der Waals surface area contributed by atoms with E-state index in [9.17, 15) is 14.4 Å². The Bertz CT molecular complexity index is 1310. The van der Waals surface area contributed by atoms with Crippen LogP contribution in [-0.2, 0) is 28.6 Å². The SMILES string of the molecule is CC/C=C\C/C=C\C/C=C\C/C=C\C/C=C\CCCCCCCCCC(=O)OCC(COC(=O)CCCCCCCCCCCC)OC(=O)CCCCCCCCCCCCCCCCCCCCCCCC. The first-order valence-corrected chi connectivity index (χ1v) is 31.8. The Hall–Kier alpha value is -2.89. The van der Waals surface area contributed by atoms with E-state index in [1.54, 1.807) is 0 Å². The molecule has 0 aliphatic rings.